The van der Waals surface area contributed by atoms with E-state index in [1.807, 2.05) is 10.7 Å². The van der Waals surface area contributed by atoms with Crippen molar-refractivity contribution in [1.82, 2.24) is 14.7 Å². The van der Waals surface area contributed by atoms with Gasteiger partial charge in [-0.1, -0.05) is 18.2 Å². The number of carbonyl (C=O) groups excluding carboxylic acids is 1. The van der Waals surface area contributed by atoms with Crippen LogP contribution in [-0.4, -0.2) is 39.7 Å². The zero-order valence-electron chi connectivity index (χ0n) is 17.1. The number of alkyl halides is 3. The van der Waals surface area contributed by atoms with Gasteiger partial charge in [0, 0.05) is 17.5 Å². The van der Waals surface area contributed by atoms with Crippen molar-refractivity contribution in [2.45, 2.75) is 50.0 Å². The number of hydrogen-bond acceptors (Lipinski definition) is 3. The third-order valence-electron chi connectivity index (χ3n) is 6.91. The minimum Gasteiger partial charge on any atom is -0.364 e. The van der Waals surface area contributed by atoms with Crippen molar-refractivity contribution in [3.8, 4) is 11.1 Å². The number of amides is 1. The fourth-order valence-electron chi connectivity index (χ4n) is 5.21. The Morgan fingerprint density at radius 1 is 1.00 bits per heavy atom. The summed E-state index contributed by atoms with van der Waals surface area (Å²) in [6.45, 7) is 0. The molecule has 2 aliphatic heterocycles. The zero-order valence-corrected chi connectivity index (χ0v) is 17.1. The molecule has 2 aliphatic rings. The Labute approximate surface area is 177 Å². The Morgan fingerprint density at radius 2 is 1.61 bits per heavy atom. The molecule has 1 amide bonds. The normalized spacial score (nSPS) is 24.1. The van der Waals surface area contributed by atoms with Gasteiger partial charge in [0.25, 0.3) is 5.91 Å². The van der Waals surface area contributed by atoms with Crippen molar-refractivity contribution in [2.75, 3.05) is 7.05 Å². The summed E-state index contributed by atoms with van der Waals surface area (Å²) in [6, 6.07) is 11.7. The van der Waals surface area contributed by atoms with Crippen molar-refractivity contribution in [3.63, 3.8) is 0 Å². The number of primary amides is 1. The van der Waals surface area contributed by atoms with Crippen LogP contribution in [0.1, 0.15) is 47.8 Å². The standard InChI is InChI=1S/C23H23F3N4O/c1-29-16-7-8-17(29)12-18(11-16)30-20-10-14(4-9-19(20)21(28-30)22(27)31)13-2-5-15(6-3-13)23(24,25)26/h2-6,9-10,16-18H,7-8,11-12H2,1H3,(H2,27,31). The first-order valence-corrected chi connectivity index (χ1v) is 10.4. The number of piperidine rings is 1. The highest BCUT2D eigenvalue weighted by molar-refractivity contribution is 6.04. The molecule has 2 N–H and O–H groups in total. The summed E-state index contributed by atoms with van der Waals surface area (Å²) >= 11 is 0. The molecule has 2 bridgehead atoms. The Balaban J connectivity index is 1.57. The third-order valence-corrected chi connectivity index (χ3v) is 6.91. The number of aromatic nitrogens is 2. The molecule has 162 valence electrons. The van der Waals surface area contributed by atoms with Crippen LogP contribution in [0.25, 0.3) is 22.0 Å². The first kappa shape index (κ1) is 20.1. The average molecular weight is 428 g/mol. The lowest BCUT2D eigenvalue weighted by molar-refractivity contribution is -0.137. The second kappa shape index (κ2) is 7.09. The lowest BCUT2D eigenvalue weighted by Gasteiger charge is -2.36. The third kappa shape index (κ3) is 3.39. The van der Waals surface area contributed by atoms with Gasteiger partial charge < -0.3 is 10.6 Å². The topological polar surface area (TPSA) is 64.2 Å². The Bertz CT molecular complexity index is 1140. The van der Waals surface area contributed by atoms with E-state index in [4.69, 9.17) is 5.73 Å². The van der Waals surface area contributed by atoms with E-state index < -0.39 is 17.6 Å². The average Bonchev–Trinajstić information content (AvgIpc) is 3.19. The largest absolute Gasteiger partial charge is 0.416 e. The second-order valence-electron chi connectivity index (χ2n) is 8.64. The molecule has 2 aromatic carbocycles. The van der Waals surface area contributed by atoms with E-state index in [0.717, 1.165) is 48.9 Å². The van der Waals surface area contributed by atoms with Gasteiger partial charge in [-0.05, 0) is 68.1 Å². The molecule has 8 heteroatoms. The van der Waals surface area contributed by atoms with E-state index in [1.165, 1.54) is 12.1 Å². The minimum absolute atomic E-state index is 0.159. The SMILES string of the molecule is CN1C2CCC1CC(n1nc(C(N)=O)c3ccc(-c4ccc(C(F)(F)F)cc4)cc31)C2. The fourth-order valence-corrected chi connectivity index (χ4v) is 5.21. The van der Waals surface area contributed by atoms with E-state index >= 15 is 0 Å². The molecular formula is C23H23F3N4O. The van der Waals surface area contributed by atoms with Crippen molar-refractivity contribution in [2.24, 2.45) is 5.73 Å². The van der Waals surface area contributed by atoms with Crippen molar-refractivity contribution in [3.05, 3.63) is 53.7 Å². The van der Waals surface area contributed by atoms with Crippen LogP contribution in [0.3, 0.4) is 0 Å². The van der Waals surface area contributed by atoms with E-state index in [9.17, 15) is 18.0 Å². The predicted octanol–water partition coefficient (Wildman–Crippen LogP) is 4.62. The monoisotopic (exact) mass is 428 g/mol. The molecule has 1 aromatic heterocycles. The molecule has 0 radical (unpaired) electrons. The Kier molecular flexibility index (Phi) is 4.58. The van der Waals surface area contributed by atoms with Crippen LogP contribution in [0, 0.1) is 0 Å². The van der Waals surface area contributed by atoms with E-state index in [1.54, 1.807) is 12.1 Å². The molecule has 0 saturated carbocycles. The number of rotatable bonds is 3. The Hall–Kier alpha value is -2.87. The molecule has 2 saturated heterocycles. The van der Waals surface area contributed by atoms with Crippen LogP contribution in [0.5, 0.6) is 0 Å². The van der Waals surface area contributed by atoms with E-state index in [0.29, 0.717) is 23.0 Å². The molecule has 3 heterocycles. The fraction of sp³-hybridized carbons (Fsp3) is 0.391. The van der Waals surface area contributed by atoms with Gasteiger partial charge in [-0.3, -0.25) is 9.48 Å². The quantitative estimate of drug-likeness (QED) is 0.662. The van der Waals surface area contributed by atoms with Gasteiger partial charge in [-0.2, -0.15) is 18.3 Å². The number of hydrogen-bond donors (Lipinski definition) is 1. The number of nitrogens with zero attached hydrogens (tertiary/aromatic N) is 3. The van der Waals surface area contributed by atoms with Gasteiger partial charge in [0.15, 0.2) is 5.69 Å². The number of nitrogens with two attached hydrogens (primary N) is 1. The summed E-state index contributed by atoms with van der Waals surface area (Å²) < 4.78 is 40.6. The van der Waals surface area contributed by atoms with E-state index in [-0.39, 0.29) is 11.7 Å². The zero-order chi connectivity index (χ0) is 21.9. The van der Waals surface area contributed by atoms with Crippen LogP contribution < -0.4 is 5.73 Å². The molecule has 5 rings (SSSR count). The molecule has 3 aromatic rings. The number of benzene rings is 2. The highest BCUT2D eigenvalue weighted by Gasteiger charge is 2.40. The number of fused-ring (bicyclic) bond motifs is 3. The highest BCUT2D eigenvalue weighted by Crippen LogP contribution is 2.41. The van der Waals surface area contributed by atoms with Gasteiger partial charge in [0.05, 0.1) is 17.1 Å². The summed E-state index contributed by atoms with van der Waals surface area (Å²) in [4.78, 5) is 14.5. The highest BCUT2D eigenvalue weighted by atomic mass is 19.4. The van der Waals surface area contributed by atoms with Crippen LogP contribution in [0.15, 0.2) is 42.5 Å². The summed E-state index contributed by atoms with van der Waals surface area (Å²) in [6.07, 6.45) is -0.142. The molecular weight excluding hydrogens is 405 g/mol. The lowest BCUT2D eigenvalue weighted by atomic mass is 9.97. The van der Waals surface area contributed by atoms with Gasteiger partial charge >= 0.3 is 6.18 Å². The summed E-state index contributed by atoms with van der Waals surface area (Å²) in [5.74, 6) is -0.582. The molecule has 5 nitrogen and oxygen atoms in total. The minimum atomic E-state index is -4.37. The van der Waals surface area contributed by atoms with Gasteiger partial charge in [-0.25, -0.2) is 0 Å². The first-order valence-electron chi connectivity index (χ1n) is 10.4. The van der Waals surface area contributed by atoms with Crippen LogP contribution in [0.2, 0.25) is 0 Å². The van der Waals surface area contributed by atoms with Crippen LogP contribution >= 0.6 is 0 Å². The molecule has 2 fully saturated rings. The van der Waals surface area contributed by atoms with Crippen molar-refractivity contribution >= 4 is 16.8 Å². The Morgan fingerprint density at radius 3 is 2.19 bits per heavy atom. The van der Waals surface area contributed by atoms with Crippen LogP contribution in [-0.2, 0) is 6.18 Å². The van der Waals surface area contributed by atoms with Gasteiger partial charge in [0.1, 0.15) is 0 Å². The van der Waals surface area contributed by atoms with Gasteiger partial charge in [0.2, 0.25) is 0 Å². The lowest BCUT2D eigenvalue weighted by Crippen LogP contribution is -2.40. The first-order chi connectivity index (χ1) is 14.7. The molecule has 2 atom stereocenters. The van der Waals surface area contributed by atoms with Crippen LogP contribution in [0.4, 0.5) is 13.2 Å². The van der Waals surface area contributed by atoms with Crippen molar-refractivity contribution < 1.29 is 18.0 Å². The summed E-state index contributed by atoms with van der Waals surface area (Å²) in [7, 11) is 2.16. The summed E-state index contributed by atoms with van der Waals surface area (Å²) in [5.41, 5.74) is 7.38. The van der Waals surface area contributed by atoms with Crippen molar-refractivity contribution in [1.29, 1.82) is 0 Å². The number of halogens is 3. The number of carbonyl (C=O) groups is 1. The smallest absolute Gasteiger partial charge is 0.364 e. The van der Waals surface area contributed by atoms with E-state index in [2.05, 4.69) is 17.0 Å². The summed E-state index contributed by atoms with van der Waals surface area (Å²) in [5, 5.41) is 5.27. The molecule has 0 aliphatic carbocycles. The second-order valence-corrected chi connectivity index (χ2v) is 8.64. The maximum absolute atomic E-state index is 12.9. The maximum atomic E-state index is 12.9. The predicted molar refractivity (Wildman–Crippen MR) is 112 cm³/mol. The molecule has 2 unspecified atom stereocenters. The maximum Gasteiger partial charge on any atom is 0.416 e. The van der Waals surface area contributed by atoms with Gasteiger partial charge in [-0.15, -0.1) is 0 Å². The molecule has 0 spiro atoms. The molecule has 31 heavy (non-hydrogen) atoms.